The molecule has 1 aliphatic carbocycles. The average Bonchev–Trinajstić information content (AvgIpc) is 2.72. The van der Waals surface area contributed by atoms with Gasteiger partial charge in [-0.05, 0) is 57.3 Å². The molecule has 0 amide bonds. The Kier molecular flexibility index (Phi) is 12.1. The minimum atomic E-state index is -0.180. The molecule has 2 fully saturated rings. The monoisotopic (exact) mass is 421 g/mol. The fraction of sp³-hybridized carbons (Fsp3) is 0.885. The van der Waals surface area contributed by atoms with Crippen LogP contribution in [0.3, 0.4) is 0 Å². The first-order valence-corrected chi connectivity index (χ1v) is 12.9. The van der Waals surface area contributed by atoms with Crippen molar-refractivity contribution >= 4 is 5.97 Å². The normalized spacial score (nSPS) is 30.2. The summed E-state index contributed by atoms with van der Waals surface area (Å²) in [6, 6.07) is 0.801. The summed E-state index contributed by atoms with van der Waals surface area (Å²) in [5, 5.41) is 13.7. The molecular formula is C26H47NO3. The number of allylic oxidation sites excluding steroid dienone is 1. The molecule has 1 saturated carbocycles. The highest BCUT2D eigenvalue weighted by atomic mass is 16.5. The van der Waals surface area contributed by atoms with E-state index in [1.165, 1.54) is 44.9 Å². The van der Waals surface area contributed by atoms with Crippen molar-refractivity contribution in [3.05, 3.63) is 12.2 Å². The first kappa shape index (κ1) is 25.4. The number of piperidine rings is 1. The summed E-state index contributed by atoms with van der Waals surface area (Å²) in [7, 11) is 0. The van der Waals surface area contributed by atoms with Crippen LogP contribution in [0.1, 0.15) is 111 Å². The summed E-state index contributed by atoms with van der Waals surface area (Å²) < 4.78 is 5.87. The Hall–Kier alpha value is -0.870. The summed E-state index contributed by atoms with van der Waals surface area (Å²) in [5.74, 6) is 1.15. The van der Waals surface area contributed by atoms with Crippen LogP contribution in [0.4, 0.5) is 0 Å². The minimum Gasteiger partial charge on any atom is -0.458 e. The summed E-state index contributed by atoms with van der Waals surface area (Å²) in [4.78, 5) is 12.3. The maximum absolute atomic E-state index is 12.3. The molecular weight excluding hydrogens is 374 g/mol. The summed E-state index contributed by atoms with van der Waals surface area (Å²) in [5.41, 5.74) is 0. The van der Waals surface area contributed by atoms with E-state index >= 15 is 0 Å². The zero-order chi connectivity index (χ0) is 21.8. The van der Waals surface area contributed by atoms with Gasteiger partial charge in [0.25, 0.3) is 0 Å². The van der Waals surface area contributed by atoms with Crippen LogP contribution in [0.5, 0.6) is 0 Å². The van der Waals surface area contributed by atoms with Crippen LogP contribution in [0.25, 0.3) is 0 Å². The number of ether oxygens (including phenoxy) is 1. The van der Waals surface area contributed by atoms with Crippen molar-refractivity contribution in [2.75, 3.05) is 0 Å². The predicted octanol–water partition coefficient (Wildman–Crippen LogP) is 5.92. The van der Waals surface area contributed by atoms with Crippen molar-refractivity contribution in [1.29, 1.82) is 0 Å². The van der Waals surface area contributed by atoms with Gasteiger partial charge in [-0.1, -0.05) is 71.3 Å². The number of fused-ring (bicyclic) bond motifs is 1. The summed E-state index contributed by atoms with van der Waals surface area (Å²) >= 11 is 0. The number of aliphatic hydroxyl groups excluding tert-OH is 1. The molecule has 0 spiro atoms. The number of rotatable bonds is 13. The van der Waals surface area contributed by atoms with Crippen LogP contribution in [-0.4, -0.2) is 35.4 Å². The fourth-order valence-electron chi connectivity index (χ4n) is 5.49. The van der Waals surface area contributed by atoms with Crippen LogP contribution < -0.4 is 5.32 Å². The molecule has 0 aromatic rings. The lowest BCUT2D eigenvalue weighted by Gasteiger charge is -2.47. The molecule has 30 heavy (non-hydrogen) atoms. The lowest BCUT2D eigenvalue weighted by molar-refractivity contribution is -0.148. The Labute approximate surface area is 185 Å². The van der Waals surface area contributed by atoms with Crippen molar-refractivity contribution in [3.63, 3.8) is 0 Å². The average molecular weight is 422 g/mol. The van der Waals surface area contributed by atoms with Crippen molar-refractivity contribution in [1.82, 2.24) is 5.32 Å². The van der Waals surface area contributed by atoms with Crippen LogP contribution in [-0.2, 0) is 9.53 Å². The van der Waals surface area contributed by atoms with E-state index in [0.29, 0.717) is 12.0 Å². The molecule has 2 aliphatic rings. The molecule has 0 radical (unpaired) electrons. The van der Waals surface area contributed by atoms with Gasteiger partial charge in [0.15, 0.2) is 0 Å². The summed E-state index contributed by atoms with van der Waals surface area (Å²) in [6.45, 7) is 6.49. The van der Waals surface area contributed by atoms with E-state index in [-0.39, 0.29) is 24.2 Å². The molecule has 4 heteroatoms. The smallest absolute Gasteiger partial charge is 0.330 e. The number of aliphatic hydroxyl groups is 1. The second-order valence-electron chi connectivity index (χ2n) is 9.75. The number of nitrogens with one attached hydrogen (secondary N) is 1. The first-order valence-electron chi connectivity index (χ1n) is 12.9. The first-order chi connectivity index (χ1) is 14.5. The molecule has 2 N–H and O–H groups in total. The van der Waals surface area contributed by atoms with Gasteiger partial charge in [0.2, 0.25) is 0 Å². The molecule has 174 valence electrons. The van der Waals surface area contributed by atoms with E-state index in [1.54, 1.807) is 6.08 Å². The van der Waals surface area contributed by atoms with Crippen molar-refractivity contribution in [2.24, 2.45) is 11.8 Å². The molecule has 1 saturated heterocycles. The van der Waals surface area contributed by atoms with Gasteiger partial charge < -0.3 is 15.2 Å². The highest BCUT2D eigenvalue weighted by molar-refractivity contribution is 5.82. The Morgan fingerprint density at radius 2 is 1.97 bits per heavy atom. The highest BCUT2D eigenvalue weighted by Gasteiger charge is 2.41. The third kappa shape index (κ3) is 8.70. The van der Waals surface area contributed by atoms with Gasteiger partial charge in [-0.2, -0.15) is 0 Å². The van der Waals surface area contributed by atoms with Crippen molar-refractivity contribution in [3.8, 4) is 0 Å². The van der Waals surface area contributed by atoms with Crippen molar-refractivity contribution < 1.29 is 14.6 Å². The molecule has 0 bridgehead atoms. The molecule has 0 aromatic heterocycles. The highest BCUT2D eigenvalue weighted by Crippen LogP contribution is 2.40. The number of hydrogen-bond acceptors (Lipinski definition) is 4. The van der Waals surface area contributed by atoms with E-state index < -0.39 is 0 Å². The molecule has 0 aromatic carbocycles. The van der Waals surface area contributed by atoms with Gasteiger partial charge in [0.1, 0.15) is 6.10 Å². The van der Waals surface area contributed by atoms with E-state index in [9.17, 15) is 9.90 Å². The zero-order valence-corrected chi connectivity index (χ0v) is 19.8. The molecule has 2 rings (SSSR count). The minimum absolute atomic E-state index is 0.0222. The number of unbranched alkanes of at least 4 members (excludes halogenated alkanes) is 4. The van der Waals surface area contributed by atoms with Gasteiger partial charge in [-0.15, -0.1) is 0 Å². The predicted molar refractivity (Wildman–Crippen MR) is 124 cm³/mol. The molecule has 6 atom stereocenters. The second-order valence-corrected chi connectivity index (χ2v) is 9.75. The van der Waals surface area contributed by atoms with E-state index in [1.807, 2.05) is 6.08 Å². The fourth-order valence-corrected chi connectivity index (χ4v) is 5.49. The van der Waals surface area contributed by atoms with Gasteiger partial charge in [-0.3, -0.25) is 0 Å². The molecule has 0 unspecified atom stereocenters. The van der Waals surface area contributed by atoms with Crippen LogP contribution in [0.15, 0.2) is 12.2 Å². The largest absolute Gasteiger partial charge is 0.458 e. The van der Waals surface area contributed by atoms with Crippen LogP contribution in [0.2, 0.25) is 0 Å². The Morgan fingerprint density at radius 1 is 1.13 bits per heavy atom. The van der Waals surface area contributed by atoms with Crippen LogP contribution >= 0.6 is 0 Å². The Bertz CT molecular complexity index is 507. The quantitative estimate of drug-likeness (QED) is 0.220. The standard InChI is InChI=1S/C26H47NO3/c1-4-6-7-8-9-18-26(29)30-25-19-23-21(14-10-11-16-22(28)13-5-2)15-12-17-24(23)27-20(25)3/h9,18,20-25,27-28H,4-8,10-17,19H2,1-3H3/b18-9+/t20-,21+,22+,23+,24-,25-/m1/s1. The molecule has 1 aliphatic heterocycles. The number of carbonyl (C=O) groups excluding carboxylic acids is 1. The number of hydrogen-bond donors (Lipinski definition) is 2. The van der Waals surface area contributed by atoms with Gasteiger partial charge in [0, 0.05) is 18.2 Å². The van der Waals surface area contributed by atoms with Crippen LogP contribution in [0, 0.1) is 11.8 Å². The van der Waals surface area contributed by atoms with E-state index in [2.05, 4.69) is 26.1 Å². The summed E-state index contributed by atoms with van der Waals surface area (Å²) in [6.07, 6.45) is 19.3. The van der Waals surface area contributed by atoms with Crippen molar-refractivity contribution in [2.45, 2.75) is 135 Å². The Morgan fingerprint density at radius 3 is 2.73 bits per heavy atom. The van der Waals surface area contributed by atoms with Gasteiger partial charge >= 0.3 is 5.97 Å². The van der Waals surface area contributed by atoms with E-state index in [0.717, 1.165) is 50.9 Å². The molecule has 1 heterocycles. The van der Waals surface area contributed by atoms with Gasteiger partial charge in [-0.25, -0.2) is 4.79 Å². The zero-order valence-electron chi connectivity index (χ0n) is 19.8. The maximum atomic E-state index is 12.3. The number of carbonyl (C=O) groups is 1. The van der Waals surface area contributed by atoms with E-state index in [4.69, 9.17) is 4.74 Å². The lowest BCUT2D eigenvalue weighted by Crippen LogP contribution is -2.57. The van der Waals surface area contributed by atoms with Gasteiger partial charge in [0.05, 0.1) is 6.10 Å². The third-order valence-corrected chi connectivity index (χ3v) is 7.23. The second kappa shape index (κ2) is 14.2. The lowest BCUT2D eigenvalue weighted by atomic mass is 9.68. The third-order valence-electron chi connectivity index (χ3n) is 7.23. The molecule has 4 nitrogen and oxygen atoms in total. The SMILES string of the molecule is CCCCC/C=C/C(=O)O[C@@H]1C[C@H]2[C@@H](CCCC[C@@H](O)CCC)CCC[C@H]2N[C@@H]1C. The topological polar surface area (TPSA) is 58.6 Å². The number of esters is 1. The Balaban J connectivity index is 1.79. The maximum Gasteiger partial charge on any atom is 0.330 e.